The number of amides is 2. The molecule has 2 fully saturated rings. The SMILES string of the molecule is CC1CC(C(=O)NC2CCN(C(=O)c3ccccc3F)CC2)NN1. The van der Waals surface area contributed by atoms with E-state index in [-0.39, 0.29) is 35.5 Å². The van der Waals surface area contributed by atoms with E-state index in [1.807, 2.05) is 6.92 Å². The summed E-state index contributed by atoms with van der Waals surface area (Å²) in [5.74, 6) is -0.786. The van der Waals surface area contributed by atoms with E-state index < -0.39 is 5.82 Å². The molecule has 2 aliphatic rings. The third kappa shape index (κ3) is 3.73. The fourth-order valence-corrected chi connectivity index (χ4v) is 3.22. The first-order chi connectivity index (χ1) is 11.5. The Bertz CT molecular complexity index is 616. The maximum Gasteiger partial charge on any atom is 0.256 e. The van der Waals surface area contributed by atoms with Crippen LogP contribution in [-0.4, -0.2) is 47.9 Å². The first kappa shape index (κ1) is 16.9. The Kier molecular flexibility index (Phi) is 5.11. The molecule has 2 aliphatic heterocycles. The summed E-state index contributed by atoms with van der Waals surface area (Å²) in [6, 6.07) is 6.15. The smallest absolute Gasteiger partial charge is 0.256 e. The molecule has 1 aromatic rings. The summed E-state index contributed by atoms with van der Waals surface area (Å²) in [4.78, 5) is 26.2. The quantitative estimate of drug-likeness (QED) is 0.765. The van der Waals surface area contributed by atoms with Gasteiger partial charge in [-0.05, 0) is 38.3 Å². The Labute approximate surface area is 140 Å². The van der Waals surface area contributed by atoms with Crippen LogP contribution in [0, 0.1) is 5.82 Å². The minimum absolute atomic E-state index is 0.00858. The van der Waals surface area contributed by atoms with Gasteiger partial charge in [-0.2, -0.15) is 0 Å². The Morgan fingerprint density at radius 2 is 1.92 bits per heavy atom. The highest BCUT2D eigenvalue weighted by Gasteiger charge is 2.30. The Morgan fingerprint density at radius 1 is 1.21 bits per heavy atom. The van der Waals surface area contributed by atoms with E-state index in [0.29, 0.717) is 25.9 Å². The molecule has 2 heterocycles. The molecule has 0 bridgehead atoms. The van der Waals surface area contributed by atoms with Gasteiger partial charge in [0.1, 0.15) is 11.9 Å². The van der Waals surface area contributed by atoms with Crippen molar-refractivity contribution >= 4 is 11.8 Å². The standard InChI is InChI=1S/C17H23FN4O2/c1-11-10-15(21-20-11)16(23)19-12-6-8-22(9-7-12)17(24)13-4-2-3-5-14(13)18/h2-5,11-12,15,20-21H,6-10H2,1H3,(H,19,23). The minimum Gasteiger partial charge on any atom is -0.352 e. The molecule has 0 saturated carbocycles. The number of hydrazine groups is 1. The zero-order chi connectivity index (χ0) is 17.1. The van der Waals surface area contributed by atoms with Crippen molar-refractivity contribution in [3.63, 3.8) is 0 Å². The van der Waals surface area contributed by atoms with Gasteiger partial charge in [-0.3, -0.25) is 15.0 Å². The number of nitrogens with one attached hydrogen (secondary N) is 3. The number of nitrogens with zero attached hydrogens (tertiary/aromatic N) is 1. The molecular weight excluding hydrogens is 311 g/mol. The van der Waals surface area contributed by atoms with Gasteiger partial charge in [0.15, 0.2) is 0 Å². The van der Waals surface area contributed by atoms with E-state index >= 15 is 0 Å². The minimum atomic E-state index is -0.494. The molecule has 0 radical (unpaired) electrons. The zero-order valence-electron chi connectivity index (χ0n) is 13.7. The number of likely N-dealkylation sites (tertiary alicyclic amines) is 1. The van der Waals surface area contributed by atoms with Crippen LogP contribution >= 0.6 is 0 Å². The molecule has 0 aromatic heterocycles. The summed E-state index contributed by atoms with van der Waals surface area (Å²) in [6.07, 6.45) is 2.12. The third-order valence-corrected chi connectivity index (χ3v) is 4.64. The molecule has 0 spiro atoms. The predicted octanol–water partition coefficient (Wildman–Crippen LogP) is 0.802. The third-order valence-electron chi connectivity index (χ3n) is 4.64. The van der Waals surface area contributed by atoms with Crippen molar-refractivity contribution < 1.29 is 14.0 Å². The predicted molar refractivity (Wildman–Crippen MR) is 87.6 cm³/mol. The normalized spacial score (nSPS) is 24.8. The lowest BCUT2D eigenvalue weighted by molar-refractivity contribution is -0.123. The van der Waals surface area contributed by atoms with Crippen LogP contribution in [0.5, 0.6) is 0 Å². The van der Waals surface area contributed by atoms with Crippen LogP contribution in [0.15, 0.2) is 24.3 Å². The molecule has 1 aromatic carbocycles. The molecule has 6 nitrogen and oxygen atoms in total. The zero-order valence-corrected chi connectivity index (χ0v) is 13.7. The summed E-state index contributed by atoms with van der Waals surface area (Å²) in [7, 11) is 0. The molecule has 3 rings (SSSR count). The summed E-state index contributed by atoms with van der Waals surface area (Å²) < 4.78 is 13.7. The van der Waals surface area contributed by atoms with Gasteiger partial charge in [0, 0.05) is 25.2 Å². The lowest BCUT2D eigenvalue weighted by atomic mass is 10.0. The summed E-state index contributed by atoms with van der Waals surface area (Å²) >= 11 is 0. The summed E-state index contributed by atoms with van der Waals surface area (Å²) in [6.45, 7) is 3.06. The van der Waals surface area contributed by atoms with Gasteiger partial charge in [0.05, 0.1) is 5.56 Å². The summed E-state index contributed by atoms with van der Waals surface area (Å²) in [5, 5.41) is 3.04. The van der Waals surface area contributed by atoms with Crippen LogP contribution in [0.2, 0.25) is 0 Å². The van der Waals surface area contributed by atoms with E-state index in [1.165, 1.54) is 12.1 Å². The number of carbonyl (C=O) groups is 2. The molecular formula is C17H23FN4O2. The maximum atomic E-state index is 13.7. The number of carbonyl (C=O) groups excluding carboxylic acids is 2. The second-order valence-electron chi connectivity index (χ2n) is 6.53. The Hall–Kier alpha value is -1.99. The van der Waals surface area contributed by atoms with Crippen molar-refractivity contribution in [1.82, 2.24) is 21.1 Å². The fraction of sp³-hybridized carbons (Fsp3) is 0.529. The second kappa shape index (κ2) is 7.27. The van der Waals surface area contributed by atoms with Gasteiger partial charge in [0.25, 0.3) is 5.91 Å². The molecule has 7 heteroatoms. The topological polar surface area (TPSA) is 73.5 Å². The first-order valence-electron chi connectivity index (χ1n) is 8.40. The van der Waals surface area contributed by atoms with E-state index in [1.54, 1.807) is 17.0 Å². The fourth-order valence-electron chi connectivity index (χ4n) is 3.22. The molecule has 2 saturated heterocycles. The van der Waals surface area contributed by atoms with Gasteiger partial charge >= 0.3 is 0 Å². The van der Waals surface area contributed by atoms with Crippen molar-refractivity contribution in [1.29, 1.82) is 0 Å². The number of hydrogen-bond donors (Lipinski definition) is 3. The molecule has 2 amide bonds. The number of piperidine rings is 1. The highest BCUT2D eigenvalue weighted by atomic mass is 19.1. The van der Waals surface area contributed by atoms with Gasteiger partial charge in [0.2, 0.25) is 5.91 Å². The van der Waals surface area contributed by atoms with E-state index in [4.69, 9.17) is 0 Å². The Balaban J connectivity index is 1.50. The largest absolute Gasteiger partial charge is 0.352 e. The van der Waals surface area contributed by atoms with Crippen molar-refractivity contribution in [2.45, 2.75) is 44.3 Å². The lowest BCUT2D eigenvalue weighted by Gasteiger charge is -2.33. The van der Waals surface area contributed by atoms with Crippen LogP contribution in [0.1, 0.15) is 36.5 Å². The van der Waals surface area contributed by atoms with Gasteiger partial charge in [-0.15, -0.1) is 0 Å². The first-order valence-corrected chi connectivity index (χ1v) is 8.40. The van der Waals surface area contributed by atoms with Crippen LogP contribution in [-0.2, 0) is 4.79 Å². The van der Waals surface area contributed by atoms with E-state index in [2.05, 4.69) is 16.2 Å². The average Bonchev–Trinajstić information content (AvgIpc) is 3.02. The van der Waals surface area contributed by atoms with Crippen molar-refractivity contribution in [2.75, 3.05) is 13.1 Å². The molecule has 24 heavy (non-hydrogen) atoms. The van der Waals surface area contributed by atoms with E-state index in [0.717, 1.165) is 6.42 Å². The molecule has 2 unspecified atom stereocenters. The van der Waals surface area contributed by atoms with Gasteiger partial charge < -0.3 is 10.2 Å². The van der Waals surface area contributed by atoms with E-state index in [9.17, 15) is 14.0 Å². The Morgan fingerprint density at radius 3 is 2.54 bits per heavy atom. The highest BCUT2D eigenvalue weighted by molar-refractivity contribution is 5.94. The van der Waals surface area contributed by atoms with Crippen LogP contribution < -0.4 is 16.2 Å². The molecule has 130 valence electrons. The number of halogens is 1. The van der Waals surface area contributed by atoms with Gasteiger partial charge in [-0.1, -0.05) is 12.1 Å². The average molecular weight is 334 g/mol. The van der Waals surface area contributed by atoms with Gasteiger partial charge in [-0.25, -0.2) is 9.82 Å². The second-order valence-corrected chi connectivity index (χ2v) is 6.53. The molecule has 2 atom stereocenters. The van der Waals surface area contributed by atoms with Crippen LogP contribution in [0.25, 0.3) is 0 Å². The lowest BCUT2D eigenvalue weighted by Crippen LogP contribution is -2.51. The van der Waals surface area contributed by atoms with Crippen molar-refractivity contribution in [3.8, 4) is 0 Å². The maximum absolute atomic E-state index is 13.7. The van der Waals surface area contributed by atoms with Crippen molar-refractivity contribution in [3.05, 3.63) is 35.6 Å². The van der Waals surface area contributed by atoms with Crippen LogP contribution in [0.4, 0.5) is 4.39 Å². The molecule has 3 N–H and O–H groups in total. The molecule has 0 aliphatic carbocycles. The summed E-state index contributed by atoms with van der Waals surface area (Å²) in [5.41, 5.74) is 6.12. The highest BCUT2D eigenvalue weighted by Crippen LogP contribution is 2.16. The monoisotopic (exact) mass is 334 g/mol. The van der Waals surface area contributed by atoms with Crippen molar-refractivity contribution in [2.24, 2.45) is 0 Å². The number of hydrogen-bond acceptors (Lipinski definition) is 4. The number of benzene rings is 1. The van der Waals surface area contributed by atoms with Crippen LogP contribution in [0.3, 0.4) is 0 Å². The number of rotatable bonds is 3.